The number of aryl methyl sites for hydroxylation is 3. The number of aromatic nitrogens is 3. The van der Waals surface area contributed by atoms with E-state index in [2.05, 4.69) is 27.0 Å². The van der Waals surface area contributed by atoms with Crippen molar-refractivity contribution < 1.29 is 9.59 Å². The summed E-state index contributed by atoms with van der Waals surface area (Å²) in [5.74, 6) is -0.456. The van der Waals surface area contributed by atoms with E-state index in [-0.39, 0.29) is 11.7 Å². The highest BCUT2D eigenvalue weighted by Crippen LogP contribution is 2.38. The molecule has 0 bridgehead atoms. The lowest BCUT2D eigenvalue weighted by Crippen LogP contribution is -2.19. The Labute approximate surface area is 180 Å². The highest BCUT2D eigenvalue weighted by atomic mass is 32.2. The Morgan fingerprint density at radius 3 is 2.97 bits per heavy atom. The maximum Gasteiger partial charge on any atom is 0.251 e. The van der Waals surface area contributed by atoms with Crippen molar-refractivity contribution in [2.45, 2.75) is 43.8 Å². The Kier molecular flexibility index (Phi) is 6.31. The summed E-state index contributed by atoms with van der Waals surface area (Å²) in [7, 11) is 0. The average Bonchev–Trinajstić information content (AvgIpc) is 3.43. The van der Waals surface area contributed by atoms with Gasteiger partial charge < -0.3 is 15.6 Å². The predicted molar refractivity (Wildman–Crippen MR) is 117 cm³/mol. The first kappa shape index (κ1) is 20.1. The summed E-state index contributed by atoms with van der Waals surface area (Å²) in [6.07, 6.45) is 6.54. The van der Waals surface area contributed by atoms with Crippen molar-refractivity contribution in [3.05, 3.63) is 44.7 Å². The molecule has 0 radical (unpaired) electrons. The van der Waals surface area contributed by atoms with Crippen LogP contribution in [0.5, 0.6) is 0 Å². The van der Waals surface area contributed by atoms with E-state index in [0.29, 0.717) is 15.7 Å². The number of anilines is 1. The van der Waals surface area contributed by atoms with Crippen LogP contribution in [-0.4, -0.2) is 32.3 Å². The van der Waals surface area contributed by atoms with E-state index in [9.17, 15) is 9.59 Å². The topological polar surface area (TPSA) is 103 Å². The normalized spacial score (nSPS) is 13.2. The minimum Gasteiger partial charge on any atom is -0.365 e. The molecule has 1 aliphatic rings. The lowest BCUT2D eigenvalue weighted by Gasteiger charge is -2.11. The van der Waals surface area contributed by atoms with Crippen LogP contribution in [0.15, 0.2) is 29.0 Å². The number of primary amides is 1. The molecule has 3 aromatic heterocycles. The fraction of sp³-hybridized carbons (Fsp3) is 0.368. The molecule has 7 nitrogen and oxygen atoms in total. The van der Waals surface area contributed by atoms with E-state index in [1.807, 2.05) is 10.6 Å². The summed E-state index contributed by atoms with van der Waals surface area (Å²) in [6.45, 7) is 0.765. The number of rotatable bonds is 8. The number of hydrogen-bond acceptors (Lipinski definition) is 7. The second kappa shape index (κ2) is 9.10. The lowest BCUT2D eigenvalue weighted by molar-refractivity contribution is -0.113. The first-order valence-electron chi connectivity index (χ1n) is 9.39. The van der Waals surface area contributed by atoms with Crippen LogP contribution >= 0.6 is 34.4 Å². The standard InChI is InChI=1S/C19H21N5O2S3/c20-17(26)16-13-5-1-2-6-14(13)29-18(16)22-15(25)10-28-19-23-21-11-24(19)8-7-12-4-3-9-27-12/h3-4,9,11H,1-2,5-8,10H2,(H2,20,26)(H,22,25). The number of nitrogens with two attached hydrogens (primary N) is 1. The second-order valence-electron chi connectivity index (χ2n) is 6.75. The molecule has 0 saturated carbocycles. The molecule has 0 spiro atoms. The van der Waals surface area contributed by atoms with Crippen LogP contribution < -0.4 is 11.1 Å². The van der Waals surface area contributed by atoms with Crippen LogP contribution in [0, 0.1) is 0 Å². The number of hydrogen-bond donors (Lipinski definition) is 2. The van der Waals surface area contributed by atoms with E-state index in [1.165, 1.54) is 32.9 Å². The minimum atomic E-state index is -0.472. The molecule has 0 aliphatic heterocycles. The maximum atomic E-state index is 12.5. The molecule has 0 unspecified atom stereocenters. The van der Waals surface area contributed by atoms with Gasteiger partial charge in [0.15, 0.2) is 5.16 Å². The Morgan fingerprint density at radius 1 is 1.31 bits per heavy atom. The number of nitrogens with zero attached hydrogens (tertiary/aromatic N) is 3. The van der Waals surface area contributed by atoms with Gasteiger partial charge >= 0.3 is 0 Å². The molecule has 1 aliphatic carbocycles. The van der Waals surface area contributed by atoms with E-state index < -0.39 is 5.91 Å². The summed E-state index contributed by atoms with van der Waals surface area (Å²) in [6, 6.07) is 4.14. The molecule has 0 atom stereocenters. The summed E-state index contributed by atoms with van der Waals surface area (Å²) >= 11 is 4.54. The van der Waals surface area contributed by atoms with Gasteiger partial charge in [0.25, 0.3) is 5.91 Å². The van der Waals surface area contributed by atoms with Crippen LogP contribution in [0.25, 0.3) is 0 Å². The highest BCUT2D eigenvalue weighted by Gasteiger charge is 2.25. The zero-order valence-electron chi connectivity index (χ0n) is 15.7. The molecule has 0 aromatic carbocycles. The molecule has 3 aromatic rings. The Balaban J connectivity index is 1.37. The Morgan fingerprint density at radius 2 is 2.17 bits per heavy atom. The van der Waals surface area contributed by atoms with E-state index >= 15 is 0 Å². The van der Waals surface area contributed by atoms with Crippen molar-refractivity contribution in [1.82, 2.24) is 14.8 Å². The summed E-state index contributed by atoms with van der Waals surface area (Å²) in [5, 5.41) is 14.3. The number of carbonyl (C=O) groups is 2. The molecule has 2 amide bonds. The van der Waals surface area contributed by atoms with Crippen LogP contribution in [0.2, 0.25) is 0 Å². The second-order valence-corrected chi connectivity index (χ2v) is 9.83. The highest BCUT2D eigenvalue weighted by molar-refractivity contribution is 7.99. The van der Waals surface area contributed by atoms with Gasteiger partial charge in [-0.25, -0.2) is 0 Å². The first-order valence-corrected chi connectivity index (χ1v) is 12.1. The van der Waals surface area contributed by atoms with Gasteiger partial charge in [-0.05, 0) is 49.1 Å². The van der Waals surface area contributed by atoms with E-state index in [0.717, 1.165) is 44.2 Å². The zero-order valence-corrected chi connectivity index (χ0v) is 18.2. The van der Waals surface area contributed by atoms with Crippen molar-refractivity contribution in [2.24, 2.45) is 5.73 Å². The smallest absolute Gasteiger partial charge is 0.251 e. The van der Waals surface area contributed by atoms with Crippen molar-refractivity contribution in [3.8, 4) is 0 Å². The van der Waals surface area contributed by atoms with Gasteiger partial charge in [0.05, 0.1) is 11.3 Å². The number of thiophene rings is 2. The monoisotopic (exact) mass is 447 g/mol. The molecule has 152 valence electrons. The quantitative estimate of drug-likeness (QED) is 0.516. The SMILES string of the molecule is NC(=O)c1c(NC(=O)CSc2nncn2CCc2cccs2)sc2c1CCCC2. The van der Waals surface area contributed by atoms with Gasteiger partial charge in [-0.3, -0.25) is 9.59 Å². The van der Waals surface area contributed by atoms with Gasteiger partial charge in [-0.2, -0.15) is 0 Å². The zero-order chi connectivity index (χ0) is 20.2. The summed E-state index contributed by atoms with van der Waals surface area (Å²) < 4.78 is 1.95. The molecule has 10 heteroatoms. The van der Waals surface area contributed by atoms with Crippen LogP contribution in [0.1, 0.15) is 38.5 Å². The average molecular weight is 448 g/mol. The third-order valence-electron chi connectivity index (χ3n) is 4.76. The largest absolute Gasteiger partial charge is 0.365 e. The minimum absolute atomic E-state index is 0.177. The summed E-state index contributed by atoms with van der Waals surface area (Å²) in [5.41, 5.74) is 7.10. The molecule has 4 rings (SSSR count). The third kappa shape index (κ3) is 4.71. The van der Waals surface area contributed by atoms with Crippen LogP contribution in [-0.2, 0) is 30.6 Å². The molecular formula is C19H21N5O2S3. The summed E-state index contributed by atoms with van der Waals surface area (Å²) in [4.78, 5) is 26.9. The van der Waals surface area contributed by atoms with Gasteiger partial charge in [0.2, 0.25) is 5.91 Å². The van der Waals surface area contributed by atoms with E-state index in [4.69, 9.17) is 5.73 Å². The molecule has 3 heterocycles. The van der Waals surface area contributed by atoms with Crippen molar-refractivity contribution >= 4 is 51.3 Å². The molecule has 0 saturated heterocycles. The van der Waals surface area contributed by atoms with Gasteiger partial charge in [0.1, 0.15) is 11.3 Å². The molecule has 29 heavy (non-hydrogen) atoms. The van der Waals surface area contributed by atoms with E-state index in [1.54, 1.807) is 17.7 Å². The molecule has 3 N–H and O–H groups in total. The first-order chi connectivity index (χ1) is 14.1. The Hall–Kier alpha value is -2.17. The fourth-order valence-electron chi connectivity index (χ4n) is 3.40. The maximum absolute atomic E-state index is 12.5. The number of nitrogens with one attached hydrogen (secondary N) is 1. The van der Waals surface area contributed by atoms with Crippen molar-refractivity contribution in [3.63, 3.8) is 0 Å². The van der Waals surface area contributed by atoms with Gasteiger partial charge in [-0.1, -0.05) is 17.8 Å². The number of amides is 2. The lowest BCUT2D eigenvalue weighted by atomic mass is 9.95. The number of fused-ring (bicyclic) bond motifs is 1. The third-order valence-corrected chi connectivity index (χ3v) is 7.89. The Bertz CT molecular complexity index is 1010. The molecule has 0 fully saturated rings. The van der Waals surface area contributed by atoms with Crippen LogP contribution in [0.4, 0.5) is 5.00 Å². The van der Waals surface area contributed by atoms with Gasteiger partial charge in [0, 0.05) is 16.3 Å². The fourth-order valence-corrected chi connectivity index (χ4v) is 6.15. The van der Waals surface area contributed by atoms with Gasteiger partial charge in [-0.15, -0.1) is 32.9 Å². The number of thioether (sulfide) groups is 1. The predicted octanol–water partition coefficient (Wildman–Crippen LogP) is 3.35. The van der Waals surface area contributed by atoms with Crippen molar-refractivity contribution in [1.29, 1.82) is 0 Å². The van der Waals surface area contributed by atoms with Crippen molar-refractivity contribution in [2.75, 3.05) is 11.1 Å². The number of carbonyl (C=O) groups excluding carboxylic acids is 2. The molecular weight excluding hydrogens is 426 g/mol. The van der Waals surface area contributed by atoms with Crippen LogP contribution in [0.3, 0.4) is 0 Å².